The van der Waals surface area contributed by atoms with E-state index in [1.807, 2.05) is 0 Å². The molecule has 0 saturated heterocycles. The van der Waals surface area contributed by atoms with Gasteiger partial charge < -0.3 is 14.2 Å². The SMILES string of the molecule is COc1cc(C(=O)NN=Cc2ccccc2F)cc(OC)c1OC. The van der Waals surface area contributed by atoms with Crippen LogP contribution in [-0.2, 0) is 0 Å². The number of carbonyl (C=O) groups is 1. The smallest absolute Gasteiger partial charge is 0.271 e. The van der Waals surface area contributed by atoms with Crippen molar-refractivity contribution in [2.24, 2.45) is 5.10 Å². The van der Waals surface area contributed by atoms with Crippen molar-refractivity contribution < 1.29 is 23.4 Å². The third kappa shape index (κ3) is 3.81. The summed E-state index contributed by atoms with van der Waals surface area (Å²) in [6.45, 7) is 0. The van der Waals surface area contributed by atoms with Gasteiger partial charge in [0.25, 0.3) is 5.91 Å². The number of methoxy groups -OCH3 is 3. The molecule has 2 aromatic rings. The Labute approximate surface area is 138 Å². The van der Waals surface area contributed by atoms with E-state index >= 15 is 0 Å². The lowest BCUT2D eigenvalue weighted by atomic mass is 10.1. The summed E-state index contributed by atoms with van der Waals surface area (Å²) in [5.74, 6) is 0.150. The third-order valence-electron chi connectivity index (χ3n) is 3.20. The third-order valence-corrected chi connectivity index (χ3v) is 3.20. The summed E-state index contributed by atoms with van der Waals surface area (Å²) in [6.07, 6.45) is 1.23. The van der Waals surface area contributed by atoms with Gasteiger partial charge in [-0.2, -0.15) is 5.10 Å². The van der Waals surface area contributed by atoms with Crippen molar-refractivity contribution in [2.45, 2.75) is 0 Å². The maximum atomic E-state index is 13.5. The van der Waals surface area contributed by atoms with E-state index in [1.54, 1.807) is 18.2 Å². The summed E-state index contributed by atoms with van der Waals surface area (Å²) in [4.78, 5) is 12.2. The molecule has 0 aliphatic rings. The van der Waals surface area contributed by atoms with E-state index in [4.69, 9.17) is 14.2 Å². The van der Waals surface area contributed by atoms with Crippen molar-refractivity contribution in [3.63, 3.8) is 0 Å². The number of benzene rings is 2. The van der Waals surface area contributed by atoms with E-state index in [2.05, 4.69) is 10.5 Å². The standard InChI is InChI=1S/C17H17FN2O4/c1-22-14-8-12(9-15(23-2)16(14)24-3)17(21)20-19-10-11-6-4-5-7-13(11)18/h4-10H,1-3H3,(H,20,21). The fourth-order valence-corrected chi connectivity index (χ4v) is 2.02. The van der Waals surface area contributed by atoms with Gasteiger partial charge in [0.15, 0.2) is 11.5 Å². The van der Waals surface area contributed by atoms with Gasteiger partial charge in [-0.15, -0.1) is 0 Å². The topological polar surface area (TPSA) is 69.2 Å². The molecule has 0 saturated carbocycles. The molecule has 0 aliphatic heterocycles. The van der Waals surface area contributed by atoms with Crippen LogP contribution < -0.4 is 19.6 Å². The second kappa shape index (κ2) is 7.96. The van der Waals surface area contributed by atoms with E-state index in [9.17, 15) is 9.18 Å². The summed E-state index contributed by atoms with van der Waals surface area (Å²) >= 11 is 0. The van der Waals surface area contributed by atoms with E-state index < -0.39 is 11.7 Å². The summed E-state index contributed by atoms with van der Waals surface area (Å²) < 4.78 is 29.0. The monoisotopic (exact) mass is 332 g/mol. The molecule has 1 amide bonds. The summed E-state index contributed by atoms with van der Waals surface area (Å²) in [5.41, 5.74) is 2.85. The lowest BCUT2D eigenvalue weighted by molar-refractivity contribution is 0.0954. The molecule has 2 rings (SSSR count). The number of hydrogen-bond donors (Lipinski definition) is 1. The minimum Gasteiger partial charge on any atom is -0.493 e. The molecule has 0 bridgehead atoms. The molecule has 0 fully saturated rings. The minimum atomic E-state index is -0.498. The predicted molar refractivity (Wildman–Crippen MR) is 87.6 cm³/mol. The predicted octanol–water partition coefficient (Wildman–Crippen LogP) is 2.62. The summed E-state index contributed by atoms with van der Waals surface area (Å²) in [6, 6.07) is 9.09. The van der Waals surface area contributed by atoms with Gasteiger partial charge in [0, 0.05) is 11.1 Å². The highest BCUT2D eigenvalue weighted by Gasteiger charge is 2.16. The van der Waals surface area contributed by atoms with Crippen LogP contribution in [0.5, 0.6) is 17.2 Å². The molecule has 6 nitrogen and oxygen atoms in total. The fourth-order valence-electron chi connectivity index (χ4n) is 2.02. The fraction of sp³-hybridized carbons (Fsp3) is 0.176. The molecule has 0 radical (unpaired) electrons. The molecule has 24 heavy (non-hydrogen) atoms. The van der Waals surface area contributed by atoms with Crippen molar-refractivity contribution in [2.75, 3.05) is 21.3 Å². The Kier molecular flexibility index (Phi) is 5.73. The molecule has 7 heteroatoms. The molecule has 0 aliphatic carbocycles. The zero-order chi connectivity index (χ0) is 17.5. The molecular formula is C17H17FN2O4. The Hall–Kier alpha value is -3.09. The van der Waals surface area contributed by atoms with E-state index in [0.29, 0.717) is 17.2 Å². The Balaban J connectivity index is 2.19. The average Bonchev–Trinajstić information content (AvgIpc) is 2.61. The minimum absolute atomic E-state index is 0.259. The molecule has 0 unspecified atom stereocenters. The first-order valence-electron chi connectivity index (χ1n) is 6.98. The molecule has 0 heterocycles. The normalized spacial score (nSPS) is 10.5. The Morgan fingerprint density at radius 1 is 1.08 bits per heavy atom. The van der Waals surface area contributed by atoms with Crippen molar-refractivity contribution >= 4 is 12.1 Å². The molecule has 0 aromatic heterocycles. The van der Waals surface area contributed by atoms with Crippen molar-refractivity contribution in [1.29, 1.82) is 0 Å². The molecule has 0 atom stereocenters. The van der Waals surface area contributed by atoms with Gasteiger partial charge in [-0.1, -0.05) is 18.2 Å². The van der Waals surface area contributed by atoms with E-state index in [-0.39, 0.29) is 11.1 Å². The van der Waals surface area contributed by atoms with Crippen LogP contribution in [0.15, 0.2) is 41.5 Å². The Morgan fingerprint density at radius 3 is 2.25 bits per heavy atom. The highest BCUT2D eigenvalue weighted by Crippen LogP contribution is 2.38. The number of rotatable bonds is 6. The lowest BCUT2D eigenvalue weighted by Crippen LogP contribution is -2.18. The Bertz CT molecular complexity index is 737. The molecule has 0 spiro atoms. The highest BCUT2D eigenvalue weighted by atomic mass is 19.1. The van der Waals surface area contributed by atoms with Crippen molar-refractivity contribution in [3.8, 4) is 17.2 Å². The zero-order valence-corrected chi connectivity index (χ0v) is 13.5. The summed E-state index contributed by atoms with van der Waals surface area (Å²) in [5, 5.41) is 3.75. The van der Waals surface area contributed by atoms with Crippen LogP contribution in [0.2, 0.25) is 0 Å². The van der Waals surface area contributed by atoms with Crippen molar-refractivity contribution in [1.82, 2.24) is 5.43 Å². The van der Waals surface area contributed by atoms with Crippen LogP contribution in [0.1, 0.15) is 15.9 Å². The van der Waals surface area contributed by atoms with Crippen LogP contribution >= 0.6 is 0 Å². The van der Waals surface area contributed by atoms with Crippen LogP contribution in [0.25, 0.3) is 0 Å². The largest absolute Gasteiger partial charge is 0.493 e. The number of amides is 1. The van der Waals surface area contributed by atoms with Gasteiger partial charge >= 0.3 is 0 Å². The number of nitrogens with one attached hydrogen (secondary N) is 1. The second-order valence-electron chi connectivity index (χ2n) is 4.63. The zero-order valence-electron chi connectivity index (χ0n) is 13.5. The molecule has 126 valence electrons. The van der Waals surface area contributed by atoms with Gasteiger partial charge in [0.1, 0.15) is 5.82 Å². The van der Waals surface area contributed by atoms with Crippen LogP contribution in [0, 0.1) is 5.82 Å². The second-order valence-corrected chi connectivity index (χ2v) is 4.63. The first-order valence-corrected chi connectivity index (χ1v) is 6.98. The first-order chi connectivity index (χ1) is 11.6. The van der Waals surface area contributed by atoms with Gasteiger partial charge in [0.05, 0.1) is 27.5 Å². The maximum absolute atomic E-state index is 13.5. The number of halogens is 1. The van der Waals surface area contributed by atoms with E-state index in [0.717, 1.165) is 0 Å². The van der Waals surface area contributed by atoms with Gasteiger partial charge in [-0.25, -0.2) is 9.82 Å². The quantitative estimate of drug-likeness (QED) is 0.652. The number of hydrogen-bond acceptors (Lipinski definition) is 5. The van der Waals surface area contributed by atoms with Crippen molar-refractivity contribution in [3.05, 3.63) is 53.3 Å². The molecule has 1 N–H and O–H groups in total. The molecule has 2 aromatic carbocycles. The highest BCUT2D eigenvalue weighted by molar-refractivity contribution is 5.96. The summed E-state index contributed by atoms with van der Waals surface area (Å²) in [7, 11) is 4.38. The first kappa shape index (κ1) is 17.3. The van der Waals surface area contributed by atoms with Gasteiger partial charge in [-0.3, -0.25) is 4.79 Å². The van der Waals surface area contributed by atoms with Crippen LogP contribution in [0.4, 0.5) is 4.39 Å². The average molecular weight is 332 g/mol. The van der Waals surface area contributed by atoms with E-state index in [1.165, 1.54) is 45.7 Å². The number of ether oxygens (including phenoxy) is 3. The number of carbonyl (C=O) groups excluding carboxylic acids is 1. The van der Waals surface area contributed by atoms with Gasteiger partial charge in [0.2, 0.25) is 5.75 Å². The van der Waals surface area contributed by atoms with Gasteiger partial charge in [-0.05, 0) is 18.2 Å². The van der Waals surface area contributed by atoms with Crippen LogP contribution in [-0.4, -0.2) is 33.5 Å². The van der Waals surface area contributed by atoms with Crippen LogP contribution in [0.3, 0.4) is 0 Å². The number of hydrazone groups is 1. The lowest BCUT2D eigenvalue weighted by Gasteiger charge is -2.13. The number of nitrogens with zero attached hydrogens (tertiary/aromatic N) is 1. The molecular weight excluding hydrogens is 315 g/mol. The maximum Gasteiger partial charge on any atom is 0.271 e. The Morgan fingerprint density at radius 2 is 1.71 bits per heavy atom.